The van der Waals surface area contributed by atoms with Crippen LogP contribution in [0.1, 0.15) is 35.4 Å². The van der Waals surface area contributed by atoms with E-state index in [1.807, 2.05) is 30.3 Å². The number of aryl methyl sites for hydroxylation is 1. The summed E-state index contributed by atoms with van der Waals surface area (Å²) < 4.78 is 1.23. The molecule has 0 bridgehead atoms. The molecule has 4 rings (SSSR count). The van der Waals surface area contributed by atoms with Crippen LogP contribution in [0.4, 0.5) is 0 Å². The highest BCUT2D eigenvalue weighted by molar-refractivity contribution is 6.05. The van der Waals surface area contributed by atoms with Crippen LogP contribution in [0.2, 0.25) is 0 Å². The van der Waals surface area contributed by atoms with Crippen LogP contribution in [-0.2, 0) is 11.3 Å². The second kappa shape index (κ2) is 8.44. The average Bonchev–Trinajstić information content (AvgIpc) is 3.29. The number of nitrogens with one attached hydrogen (secondary N) is 4. The molecule has 1 aliphatic rings. The third-order valence-corrected chi connectivity index (χ3v) is 5.10. The van der Waals surface area contributed by atoms with Gasteiger partial charge in [0.2, 0.25) is 0 Å². The van der Waals surface area contributed by atoms with Gasteiger partial charge in [-0.25, -0.2) is 15.5 Å². The molecule has 2 amide bonds. The lowest BCUT2D eigenvalue weighted by Crippen LogP contribution is -2.50. The van der Waals surface area contributed by atoms with Gasteiger partial charge in [0.05, 0.1) is 5.39 Å². The van der Waals surface area contributed by atoms with E-state index in [9.17, 15) is 14.4 Å². The summed E-state index contributed by atoms with van der Waals surface area (Å²) in [6, 6.07) is 16.1. The van der Waals surface area contributed by atoms with Gasteiger partial charge in [-0.3, -0.25) is 25.2 Å². The van der Waals surface area contributed by atoms with Gasteiger partial charge in [-0.1, -0.05) is 48.5 Å². The topological polar surface area (TPSA) is 117 Å². The van der Waals surface area contributed by atoms with E-state index in [-0.39, 0.29) is 23.2 Å². The number of aromatic nitrogens is 2. The molecule has 1 aromatic heterocycles. The summed E-state index contributed by atoms with van der Waals surface area (Å²) >= 11 is 0. The molecule has 0 aliphatic carbocycles. The van der Waals surface area contributed by atoms with Gasteiger partial charge in [0.15, 0.2) is 5.69 Å². The minimum atomic E-state index is -0.590. The molecule has 2 aromatic carbocycles. The molecule has 154 valence electrons. The quantitative estimate of drug-likeness (QED) is 0.476. The van der Waals surface area contributed by atoms with Crippen LogP contribution in [-0.4, -0.2) is 27.6 Å². The van der Waals surface area contributed by atoms with Crippen LogP contribution in [0.3, 0.4) is 0 Å². The van der Waals surface area contributed by atoms with Crippen molar-refractivity contribution in [3.8, 4) is 0 Å². The Morgan fingerprint density at radius 1 is 1.03 bits per heavy atom. The molecule has 2 atom stereocenters. The van der Waals surface area contributed by atoms with Gasteiger partial charge in [-0.2, -0.15) is 5.10 Å². The fourth-order valence-corrected chi connectivity index (χ4v) is 3.51. The van der Waals surface area contributed by atoms with Crippen molar-refractivity contribution in [2.75, 3.05) is 0 Å². The van der Waals surface area contributed by atoms with Crippen molar-refractivity contribution in [1.82, 2.24) is 31.5 Å². The van der Waals surface area contributed by atoms with Crippen molar-refractivity contribution in [2.24, 2.45) is 0 Å². The van der Waals surface area contributed by atoms with E-state index in [1.54, 1.807) is 31.2 Å². The molecular formula is C21H22N6O3. The zero-order chi connectivity index (χ0) is 21.1. The van der Waals surface area contributed by atoms with Gasteiger partial charge in [0, 0.05) is 18.0 Å². The van der Waals surface area contributed by atoms with E-state index in [4.69, 9.17) is 0 Å². The van der Waals surface area contributed by atoms with Crippen LogP contribution in [0, 0.1) is 0 Å². The second-order valence-corrected chi connectivity index (χ2v) is 7.00. The molecule has 1 fully saturated rings. The number of carbonyl (C=O) groups excluding carboxylic acids is 2. The Hall–Kier alpha value is -3.56. The van der Waals surface area contributed by atoms with E-state index in [1.165, 1.54) is 4.68 Å². The molecule has 2 unspecified atom stereocenters. The number of rotatable bonds is 4. The number of nitrogens with zero attached hydrogens (tertiary/aromatic N) is 2. The van der Waals surface area contributed by atoms with Crippen molar-refractivity contribution in [3.05, 3.63) is 76.2 Å². The molecule has 0 saturated carbocycles. The van der Waals surface area contributed by atoms with Gasteiger partial charge < -0.3 is 0 Å². The first-order valence-corrected chi connectivity index (χ1v) is 9.74. The third-order valence-electron chi connectivity index (χ3n) is 5.10. The lowest BCUT2D eigenvalue weighted by molar-refractivity contribution is -0.123. The van der Waals surface area contributed by atoms with Gasteiger partial charge in [-0.15, -0.1) is 0 Å². The summed E-state index contributed by atoms with van der Waals surface area (Å²) in [6.07, 6.45) is 0.535. The molecule has 9 heteroatoms. The van der Waals surface area contributed by atoms with Crippen LogP contribution in [0.15, 0.2) is 59.4 Å². The highest BCUT2D eigenvalue weighted by Crippen LogP contribution is 2.21. The zero-order valence-corrected chi connectivity index (χ0v) is 16.4. The number of hydrazine groups is 2. The van der Waals surface area contributed by atoms with Crippen molar-refractivity contribution < 1.29 is 9.59 Å². The number of hydrogen-bond acceptors (Lipinski definition) is 6. The molecule has 3 aromatic rings. The minimum Gasteiger partial charge on any atom is -0.271 e. The van der Waals surface area contributed by atoms with Crippen molar-refractivity contribution >= 4 is 22.6 Å². The third kappa shape index (κ3) is 3.80. The smallest absolute Gasteiger partial charge is 0.271 e. The zero-order valence-electron chi connectivity index (χ0n) is 16.4. The number of carbonyl (C=O) groups is 2. The molecule has 30 heavy (non-hydrogen) atoms. The molecular weight excluding hydrogens is 384 g/mol. The summed E-state index contributed by atoms with van der Waals surface area (Å²) in [4.78, 5) is 37.6. The van der Waals surface area contributed by atoms with E-state index >= 15 is 0 Å². The lowest BCUT2D eigenvalue weighted by atomic mass is 10.0. The van der Waals surface area contributed by atoms with Crippen LogP contribution < -0.4 is 27.3 Å². The number of amides is 2. The van der Waals surface area contributed by atoms with Gasteiger partial charge in [0.1, 0.15) is 6.04 Å². The predicted octanol–water partition coefficient (Wildman–Crippen LogP) is 0.785. The summed E-state index contributed by atoms with van der Waals surface area (Å²) in [5, 5.41) is 4.99. The number of fused-ring (bicyclic) bond motifs is 1. The number of benzene rings is 2. The van der Waals surface area contributed by atoms with Gasteiger partial charge >= 0.3 is 0 Å². The Morgan fingerprint density at radius 2 is 1.73 bits per heavy atom. The maximum absolute atomic E-state index is 12.7. The normalized spacial score (nSPS) is 18.3. The maximum Gasteiger partial charge on any atom is 0.290 e. The molecule has 0 radical (unpaired) electrons. The summed E-state index contributed by atoms with van der Waals surface area (Å²) in [6.45, 7) is 2.10. The maximum atomic E-state index is 12.7. The fourth-order valence-electron chi connectivity index (χ4n) is 3.51. The monoisotopic (exact) mass is 406 g/mol. The lowest BCUT2D eigenvalue weighted by Gasteiger charge is -2.13. The van der Waals surface area contributed by atoms with E-state index < -0.39 is 11.9 Å². The molecule has 2 heterocycles. The van der Waals surface area contributed by atoms with Crippen molar-refractivity contribution in [1.29, 1.82) is 0 Å². The Morgan fingerprint density at radius 3 is 2.47 bits per heavy atom. The molecule has 0 spiro atoms. The largest absolute Gasteiger partial charge is 0.290 e. The van der Waals surface area contributed by atoms with Crippen LogP contribution in [0.25, 0.3) is 10.8 Å². The van der Waals surface area contributed by atoms with Gasteiger partial charge in [0.25, 0.3) is 17.4 Å². The standard InChI is InChI=1S/C21H22N6O3/c1-2-27-21(30)15-11-7-6-10-14(15)18(26-27)20(29)25-24-19(28)17-12-16(22-23-17)13-8-4-3-5-9-13/h3-11,16-17,22-23H,2,12H2,1H3,(H,24,28)(H,25,29). The van der Waals surface area contributed by atoms with Crippen LogP contribution in [0.5, 0.6) is 0 Å². The van der Waals surface area contributed by atoms with Crippen LogP contribution >= 0.6 is 0 Å². The summed E-state index contributed by atoms with van der Waals surface area (Å²) in [5.41, 5.74) is 11.8. The van der Waals surface area contributed by atoms with Crippen molar-refractivity contribution in [2.45, 2.75) is 32.0 Å². The first-order valence-electron chi connectivity index (χ1n) is 9.74. The average molecular weight is 406 g/mol. The molecule has 4 N–H and O–H groups in total. The van der Waals surface area contributed by atoms with E-state index in [0.29, 0.717) is 23.7 Å². The van der Waals surface area contributed by atoms with E-state index in [2.05, 4.69) is 26.8 Å². The second-order valence-electron chi connectivity index (χ2n) is 7.00. The summed E-state index contributed by atoms with van der Waals surface area (Å²) in [5.74, 6) is -0.963. The van der Waals surface area contributed by atoms with E-state index in [0.717, 1.165) is 5.56 Å². The first kappa shape index (κ1) is 19.7. The molecule has 9 nitrogen and oxygen atoms in total. The molecule has 1 saturated heterocycles. The molecule has 1 aliphatic heterocycles. The Bertz CT molecular complexity index is 1140. The fraction of sp³-hybridized carbons (Fsp3) is 0.238. The Labute approximate surface area is 172 Å². The summed E-state index contributed by atoms with van der Waals surface area (Å²) in [7, 11) is 0. The number of hydrogen-bond donors (Lipinski definition) is 4. The Kier molecular flexibility index (Phi) is 5.55. The predicted molar refractivity (Wildman–Crippen MR) is 111 cm³/mol. The first-order chi connectivity index (χ1) is 14.6. The van der Waals surface area contributed by atoms with Gasteiger partial charge in [-0.05, 0) is 25.0 Å². The highest BCUT2D eigenvalue weighted by atomic mass is 16.2. The minimum absolute atomic E-state index is 0.00336. The SMILES string of the molecule is CCn1nc(C(=O)NNC(=O)C2CC(c3ccccc3)NN2)c2ccccc2c1=O. The van der Waals surface area contributed by atoms with Crippen molar-refractivity contribution in [3.63, 3.8) is 0 Å². The Balaban J connectivity index is 1.45. The highest BCUT2D eigenvalue weighted by Gasteiger charge is 2.30.